The van der Waals surface area contributed by atoms with Crippen molar-refractivity contribution in [1.82, 2.24) is 21.3 Å². The van der Waals surface area contributed by atoms with E-state index in [1.54, 1.807) is 7.11 Å². The van der Waals surface area contributed by atoms with Gasteiger partial charge in [-0.25, -0.2) is 9.98 Å². The molecule has 9 nitrogen and oxygen atoms in total. The van der Waals surface area contributed by atoms with Gasteiger partial charge in [-0.3, -0.25) is 4.79 Å². The molecule has 2 bridgehead atoms. The quantitative estimate of drug-likeness (QED) is 0.470. The van der Waals surface area contributed by atoms with Gasteiger partial charge in [-0.1, -0.05) is 6.08 Å². The molecule has 2 atom stereocenters. The van der Waals surface area contributed by atoms with Gasteiger partial charge in [0.1, 0.15) is 18.3 Å². The maximum atomic E-state index is 12.5. The first-order chi connectivity index (χ1) is 14.3. The summed E-state index contributed by atoms with van der Waals surface area (Å²) in [5.74, 6) is 0.578. The Morgan fingerprint density at radius 2 is 2.17 bits per heavy atom. The second-order valence-corrected chi connectivity index (χ2v) is 7.32. The molecule has 0 aromatic carbocycles. The van der Waals surface area contributed by atoms with E-state index >= 15 is 0 Å². The van der Waals surface area contributed by atoms with Gasteiger partial charge in [-0.2, -0.15) is 0 Å². The van der Waals surface area contributed by atoms with Gasteiger partial charge < -0.3 is 30.7 Å². The van der Waals surface area contributed by atoms with Crippen molar-refractivity contribution >= 4 is 18.1 Å². The molecule has 3 heterocycles. The fourth-order valence-electron chi connectivity index (χ4n) is 3.81. The molecule has 0 fully saturated rings. The summed E-state index contributed by atoms with van der Waals surface area (Å²) < 4.78 is 11.4. The molecular formula is C20H28N6O3. The van der Waals surface area contributed by atoms with Crippen LogP contribution < -0.4 is 21.3 Å². The SMILES string of the molecule is COCC1=CCC2=C[C@H]1OCCNCCCNCC1=C3C(=NC=NC3NC1=O)N2. The average Bonchev–Trinajstić information content (AvgIpc) is 3.04. The van der Waals surface area contributed by atoms with Gasteiger partial charge in [0.15, 0.2) is 6.17 Å². The average molecular weight is 400 g/mol. The zero-order chi connectivity index (χ0) is 20.1. The topological polar surface area (TPSA) is 108 Å². The van der Waals surface area contributed by atoms with E-state index in [0.29, 0.717) is 31.2 Å². The van der Waals surface area contributed by atoms with Gasteiger partial charge in [0.25, 0.3) is 5.91 Å². The van der Waals surface area contributed by atoms with E-state index in [1.807, 2.05) is 0 Å². The van der Waals surface area contributed by atoms with Crippen LogP contribution in [0.15, 0.2) is 44.6 Å². The van der Waals surface area contributed by atoms with Gasteiger partial charge in [-0.05, 0) is 31.2 Å². The van der Waals surface area contributed by atoms with Gasteiger partial charge in [-0.15, -0.1) is 0 Å². The Morgan fingerprint density at radius 1 is 1.28 bits per heavy atom. The fourth-order valence-corrected chi connectivity index (χ4v) is 3.81. The first-order valence-electron chi connectivity index (χ1n) is 10.1. The number of hydrogen-bond donors (Lipinski definition) is 4. The lowest BCUT2D eigenvalue weighted by Gasteiger charge is -2.26. The highest BCUT2D eigenvalue weighted by atomic mass is 16.5. The van der Waals surface area contributed by atoms with Crippen molar-refractivity contribution in [3.8, 4) is 0 Å². The van der Waals surface area contributed by atoms with Gasteiger partial charge in [0.05, 0.1) is 13.2 Å². The monoisotopic (exact) mass is 400 g/mol. The van der Waals surface area contributed by atoms with Gasteiger partial charge in [0, 0.05) is 43.5 Å². The van der Waals surface area contributed by atoms with Crippen LogP contribution >= 0.6 is 0 Å². The molecule has 9 heteroatoms. The summed E-state index contributed by atoms with van der Waals surface area (Å²) in [6.45, 7) is 4.15. The summed E-state index contributed by atoms with van der Waals surface area (Å²) in [4.78, 5) is 21.2. The van der Waals surface area contributed by atoms with Crippen LogP contribution in [0.25, 0.3) is 0 Å². The summed E-state index contributed by atoms with van der Waals surface area (Å²) in [5, 5.41) is 13.1. The first kappa shape index (κ1) is 20.0. The molecule has 0 spiro atoms. The van der Waals surface area contributed by atoms with Crippen LogP contribution in [0.4, 0.5) is 0 Å². The maximum Gasteiger partial charge on any atom is 0.250 e. The van der Waals surface area contributed by atoms with Crippen molar-refractivity contribution in [2.45, 2.75) is 25.1 Å². The van der Waals surface area contributed by atoms with Gasteiger partial charge >= 0.3 is 0 Å². The van der Waals surface area contributed by atoms with E-state index in [-0.39, 0.29) is 18.2 Å². The molecule has 0 aromatic rings. The molecule has 4 N–H and O–H groups in total. The molecule has 156 valence electrons. The molecule has 0 aromatic heterocycles. The number of nitrogens with one attached hydrogen (secondary N) is 4. The largest absolute Gasteiger partial charge is 0.380 e. The zero-order valence-electron chi connectivity index (χ0n) is 16.7. The first-order valence-corrected chi connectivity index (χ1v) is 10.1. The lowest BCUT2D eigenvalue weighted by Crippen LogP contribution is -2.37. The van der Waals surface area contributed by atoms with Crippen molar-refractivity contribution in [2.24, 2.45) is 9.98 Å². The predicted molar refractivity (Wildman–Crippen MR) is 111 cm³/mol. The number of fused-ring (bicyclic) bond motifs is 1. The Kier molecular flexibility index (Phi) is 6.50. The van der Waals surface area contributed by atoms with E-state index < -0.39 is 0 Å². The number of allylic oxidation sites excluding steroid dienone is 1. The van der Waals surface area contributed by atoms with Crippen LogP contribution in [0.1, 0.15) is 12.8 Å². The van der Waals surface area contributed by atoms with Crippen LogP contribution in [0.3, 0.4) is 0 Å². The molecule has 1 aliphatic carbocycles. The second-order valence-electron chi connectivity index (χ2n) is 7.32. The third-order valence-electron chi connectivity index (χ3n) is 5.28. The van der Waals surface area contributed by atoms with Gasteiger partial charge in [0.2, 0.25) is 0 Å². The summed E-state index contributed by atoms with van der Waals surface area (Å²) in [5.41, 5.74) is 3.62. The molecule has 4 aliphatic rings. The summed E-state index contributed by atoms with van der Waals surface area (Å²) in [6.07, 6.45) is 6.88. The molecule has 29 heavy (non-hydrogen) atoms. The Morgan fingerprint density at radius 3 is 3.07 bits per heavy atom. The second kappa shape index (κ2) is 9.45. The minimum Gasteiger partial charge on any atom is -0.380 e. The highest BCUT2D eigenvalue weighted by molar-refractivity contribution is 6.14. The minimum atomic E-state index is -0.379. The zero-order valence-corrected chi connectivity index (χ0v) is 16.7. The number of methoxy groups -OCH3 is 1. The molecular weight excluding hydrogens is 372 g/mol. The standard InChI is InChI=1S/C20H28N6O3/c1-28-11-13-3-4-14-9-16(13)29-8-7-21-5-2-6-22-10-15-17-18(25-14)23-12-24-19(17)26-20(15)27/h3,9,12,16,19,21-22H,2,4-8,10-11H2,1H3,(H,26,27)(H,23,24,25)/t16-,19?/m1/s1. The number of carbonyl (C=O) groups excluding carboxylic acids is 1. The number of ether oxygens (including phenoxy) is 2. The molecule has 3 aliphatic heterocycles. The number of carbonyl (C=O) groups is 1. The van der Waals surface area contributed by atoms with Crippen LogP contribution in [-0.4, -0.2) is 76.9 Å². The third kappa shape index (κ3) is 4.64. The molecule has 0 saturated carbocycles. The van der Waals surface area contributed by atoms with E-state index in [1.165, 1.54) is 6.34 Å². The van der Waals surface area contributed by atoms with Crippen LogP contribution in [0.2, 0.25) is 0 Å². The third-order valence-corrected chi connectivity index (χ3v) is 5.28. The van der Waals surface area contributed by atoms with Crippen LogP contribution in [0, 0.1) is 0 Å². The Hall–Kier alpha value is -2.33. The van der Waals surface area contributed by atoms with E-state index in [0.717, 1.165) is 49.3 Å². The van der Waals surface area contributed by atoms with E-state index in [4.69, 9.17) is 9.47 Å². The highest BCUT2D eigenvalue weighted by Crippen LogP contribution is 2.24. The lowest BCUT2D eigenvalue weighted by atomic mass is 10.00. The minimum absolute atomic E-state index is 0.0913. The molecule has 1 amide bonds. The summed E-state index contributed by atoms with van der Waals surface area (Å²) >= 11 is 0. The smallest absolute Gasteiger partial charge is 0.250 e. The predicted octanol–water partition coefficient (Wildman–Crippen LogP) is -0.403. The van der Waals surface area contributed by atoms with Crippen molar-refractivity contribution in [2.75, 3.05) is 46.5 Å². The van der Waals surface area contributed by atoms with Crippen LogP contribution in [-0.2, 0) is 14.3 Å². The Labute approximate surface area is 170 Å². The van der Waals surface area contributed by atoms with Crippen molar-refractivity contribution < 1.29 is 14.3 Å². The molecule has 0 radical (unpaired) electrons. The molecule has 4 rings (SSSR count). The van der Waals surface area contributed by atoms with E-state index in [9.17, 15) is 4.79 Å². The number of amides is 1. The fraction of sp³-hybridized carbons (Fsp3) is 0.550. The molecule has 0 saturated heterocycles. The van der Waals surface area contributed by atoms with Crippen molar-refractivity contribution in [3.63, 3.8) is 0 Å². The number of nitrogens with zero attached hydrogens (tertiary/aromatic N) is 2. The molecule has 1 unspecified atom stereocenters. The number of hydrogen-bond acceptors (Lipinski definition) is 8. The maximum absolute atomic E-state index is 12.5. The van der Waals surface area contributed by atoms with Crippen molar-refractivity contribution in [1.29, 1.82) is 0 Å². The number of rotatable bonds is 2. The van der Waals surface area contributed by atoms with E-state index in [2.05, 4.69) is 43.4 Å². The van der Waals surface area contributed by atoms with Crippen LogP contribution in [0.5, 0.6) is 0 Å². The summed E-state index contributed by atoms with van der Waals surface area (Å²) in [7, 11) is 1.69. The normalized spacial score (nSPS) is 28.0. The number of aliphatic imine (C=N–C) groups is 2. The summed E-state index contributed by atoms with van der Waals surface area (Å²) in [6, 6.07) is 0. The lowest BCUT2D eigenvalue weighted by molar-refractivity contribution is -0.117. The highest BCUT2D eigenvalue weighted by Gasteiger charge is 2.35. The van der Waals surface area contributed by atoms with Crippen molar-refractivity contribution in [3.05, 3.63) is 34.6 Å². The Balaban J connectivity index is 1.60. The Bertz CT molecular complexity index is 798. The number of amidine groups is 1.